The van der Waals surface area contributed by atoms with Crippen LogP contribution >= 0.6 is 0 Å². The van der Waals surface area contributed by atoms with Crippen LogP contribution in [-0.2, 0) is 4.79 Å². The molecule has 5 nitrogen and oxygen atoms in total. The number of carbonyl (C=O) groups excluding carboxylic acids is 2. The number of carbonyl (C=O) groups is 2. The van der Waals surface area contributed by atoms with Gasteiger partial charge in [-0.1, -0.05) is 32.3 Å². The number of rotatable bonds is 8. The smallest absolute Gasteiger partial charge is 0.291 e. The van der Waals surface area contributed by atoms with Crippen molar-refractivity contribution in [3.05, 3.63) is 48.4 Å². The monoisotopic (exact) mass is 314 g/mol. The average Bonchev–Trinajstić information content (AvgIpc) is 3.06. The fourth-order valence-corrected chi connectivity index (χ4v) is 2.21. The maximum absolute atomic E-state index is 11.9. The molecule has 0 radical (unpaired) electrons. The van der Waals surface area contributed by atoms with Crippen LogP contribution in [-0.4, -0.2) is 11.8 Å². The van der Waals surface area contributed by atoms with E-state index in [1.165, 1.54) is 6.26 Å². The summed E-state index contributed by atoms with van der Waals surface area (Å²) in [4.78, 5) is 23.8. The molecule has 1 aromatic heterocycles. The van der Waals surface area contributed by atoms with E-state index in [0.29, 0.717) is 17.8 Å². The summed E-state index contributed by atoms with van der Waals surface area (Å²) in [6.07, 6.45) is 6.24. The lowest BCUT2D eigenvalue weighted by Crippen LogP contribution is -2.13. The van der Waals surface area contributed by atoms with Gasteiger partial charge in [-0.3, -0.25) is 9.59 Å². The van der Waals surface area contributed by atoms with Crippen molar-refractivity contribution in [2.24, 2.45) is 0 Å². The quantitative estimate of drug-likeness (QED) is 0.707. The number of furan rings is 1. The number of amides is 2. The molecule has 2 rings (SSSR count). The normalized spacial score (nSPS) is 10.3. The van der Waals surface area contributed by atoms with Gasteiger partial charge in [0.1, 0.15) is 0 Å². The molecule has 0 unspecified atom stereocenters. The topological polar surface area (TPSA) is 71.3 Å². The second kappa shape index (κ2) is 8.78. The SMILES string of the molecule is CCCCCCC(=O)Nc1cccc(NC(=O)c2ccco2)c1. The Balaban J connectivity index is 1.87. The lowest BCUT2D eigenvalue weighted by molar-refractivity contribution is -0.116. The van der Waals surface area contributed by atoms with Crippen LogP contribution in [0.2, 0.25) is 0 Å². The summed E-state index contributed by atoms with van der Waals surface area (Å²) in [5.41, 5.74) is 1.28. The number of benzene rings is 1. The Hall–Kier alpha value is -2.56. The van der Waals surface area contributed by atoms with Crippen LogP contribution in [0.4, 0.5) is 11.4 Å². The minimum Gasteiger partial charge on any atom is -0.459 e. The molecule has 0 fully saturated rings. The molecule has 0 saturated carbocycles. The van der Waals surface area contributed by atoms with Gasteiger partial charge in [0.05, 0.1) is 6.26 Å². The molecule has 2 aromatic rings. The summed E-state index contributed by atoms with van der Waals surface area (Å²) in [7, 11) is 0. The third-order valence-corrected chi connectivity index (χ3v) is 3.41. The van der Waals surface area contributed by atoms with E-state index >= 15 is 0 Å². The lowest BCUT2D eigenvalue weighted by Gasteiger charge is -2.08. The number of anilines is 2. The molecule has 1 aromatic carbocycles. The van der Waals surface area contributed by atoms with Crippen molar-refractivity contribution in [1.29, 1.82) is 0 Å². The third kappa shape index (κ3) is 5.62. The van der Waals surface area contributed by atoms with Crippen LogP contribution in [0.1, 0.15) is 49.6 Å². The first-order chi connectivity index (χ1) is 11.2. The van der Waals surface area contributed by atoms with Gasteiger partial charge < -0.3 is 15.1 Å². The Morgan fingerprint density at radius 3 is 2.48 bits per heavy atom. The first-order valence-corrected chi connectivity index (χ1v) is 7.94. The molecule has 122 valence electrons. The zero-order valence-corrected chi connectivity index (χ0v) is 13.3. The Bertz CT molecular complexity index is 635. The number of hydrogen-bond acceptors (Lipinski definition) is 3. The summed E-state index contributed by atoms with van der Waals surface area (Å²) in [5, 5.41) is 5.59. The van der Waals surface area contributed by atoms with E-state index in [1.54, 1.807) is 36.4 Å². The van der Waals surface area contributed by atoms with E-state index in [-0.39, 0.29) is 17.6 Å². The lowest BCUT2D eigenvalue weighted by atomic mass is 10.1. The average molecular weight is 314 g/mol. The Morgan fingerprint density at radius 1 is 1.00 bits per heavy atom. The Kier molecular flexibility index (Phi) is 6.41. The first-order valence-electron chi connectivity index (χ1n) is 7.94. The van der Waals surface area contributed by atoms with Gasteiger partial charge in [0.15, 0.2) is 5.76 Å². The summed E-state index contributed by atoms with van der Waals surface area (Å²) < 4.78 is 5.04. The van der Waals surface area contributed by atoms with E-state index < -0.39 is 0 Å². The maximum atomic E-state index is 11.9. The maximum Gasteiger partial charge on any atom is 0.291 e. The molecular formula is C18H22N2O3. The van der Waals surface area contributed by atoms with Gasteiger partial charge in [-0.25, -0.2) is 0 Å². The van der Waals surface area contributed by atoms with Gasteiger partial charge in [0.25, 0.3) is 5.91 Å². The highest BCUT2D eigenvalue weighted by atomic mass is 16.3. The second-order valence-electron chi connectivity index (χ2n) is 5.37. The van der Waals surface area contributed by atoms with E-state index in [0.717, 1.165) is 25.7 Å². The van der Waals surface area contributed by atoms with Gasteiger partial charge in [-0.15, -0.1) is 0 Å². The molecule has 0 aliphatic carbocycles. The van der Waals surface area contributed by atoms with Gasteiger partial charge in [0.2, 0.25) is 5.91 Å². The molecule has 0 bridgehead atoms. The molecule has 23 heavy (non-hydrogen) atoms. The zero-order chi connectivity index (χ0) is 16.5. The summed E-state index contributed by atoms with van der Waals surface area (Å²) in [6, 6.07) is 10.3. The summed E-state index contributed by atoms with van der Waals surface area (Å²) >= 11 is 0. The van der Waals surface area contributed by atoms with Crippen molar-refractivity contribution in [2.75, 3.05) is 10.6 Å². The van der Waals surface area contributed by atoms with Crippen molar-refractivity contribution >= 4 is 23.2 Å². The predicted molar refractivity (Wildman–Crippen MR) is 90.5 cm³/mol. The summed E-state index contributed by atoms with van der Waals surface area (Å²) in [5.74, 6) is -0.0796. The number of unbranched alkanes of at least 4 members (excludes halogenated alkanes) is 3. The molecule has 5 heteroatoms. The molecule has 2 amide bonds. The van der Waals surface area contributed by atoms with Crippen molar-refractivity contribution in [2.45, 2.75) is 39.0 Å². The molecule has 2 N–H and O–H groups in total. The largest absolute Gasteiger partial charge is 0.459 e. The molecule has 1 heterocycles. The minimum absolute atomic E-state index is 0.00406. The van der Waals surface area contributed by atoms with Gasteiger partial charge >= 0.3 is 0 Å². The molecule has 0 atom stereocenters. The van der Waals surface area contributed by atoms with Gasteiger partial charge in [-0.2, -0.15) is 0 Å². The van der Waals surface area contributed by atoms with Crippen molar-refractivity contribution < 1.29 is 14.0 Å². The third-order valence-electron chi connectivity index (χ3n) is 3.41. The van der Waals surface area contributed by atoms with E-state index in [9.17, 15) is 9.59 Å². The van der Waals surface area contributed by atoms with E-state index in [4.69, 9.17) is 4.42 Å². The van der Waals surface area contributed by atoms with Crippen LogP contribution in [0.5, 0.6) is 0 Å². The summed E-state index contributed by atoms with van der Waals surface area (Å²) in [6.45, 7) is 2.14. The standard InChI is InChI=1S/C18H22N2O3/c1-2-3-4-5-11-17(21)19-14-8-6-9-15(13-14)20-18(22)16-10-7-12-23-16/h6-10,12-13H,2-5,11H2,1H3,(H,19,21)(H,20,22). The molecular weight excluding hydrogens is 292 g/mol. The van der Waals surface area contributed by atoms with Crippen LogP contribution in [0.3, 0.4) is 0 Å². The minimum atomic E-state index is -0.321. The number of nitrogens with one attached hydrogen (secondary N) is 2. The highest BCUT2D eigenvalue weighted by Gasteiger charge is 2.09. The number of hydrogen-bond donors (Lipinski definition) is 2. The highest BCUT2D eigenvalue weighted by molar-refractivity contribution is 6.02. The van der Waals surface area contributed by atoms with Crippen LogP contribution in [0.15, 0.2) is 47.1 Å². The molecule has 0 aliphatic rings. The van der Waals surface area contributed by atoms with Crippen LogP contribution in [0.25, 0.3) is 0 Å². The van der Waals surface area contributed by atoms with Crippen molar-refractivity contribution in [3.63, 3.8) is 0 Å². The molecule has 0 aliphatic heterocycles. The zero-order valence-electron chi connectivity index (χ0n) is 13.3. The highest BCUT2D eigenvalue weighted by Crippen LogP contribution is 2.17. The Morgan fingerprint density at radius 2 is 1.78 bits per heavy atom. The van der Waals surface area contributed by atoms with Crippen molar-refractivity contribution in [1.82, 2.24) is 0 Å². The van der Waals surface area contributed by atoms with E-state index in [1.807, 2.05) is 0 Å². The Labute approximate surface area is 136 Å². The van der Waals surface area contributed by atoms with Crippen LogP contribution in [0, 0.1) is 0 Å². The molecule has 0 spiro atoms. The predicted octanol–water partition coefficient (Wildman–Crippen LogP) is 4.44. The fraction of sp³-hybridized carbons (Fsp3) is 0.333. The van der Waals surface area contributed by atoms with Crippen molar-refractivity contribution in [3.8, 4) is 0 Å². The second-order valence-corrected chi connectivity index (χ2v) is 5.37. The van der Waals surface area contributed by atoms with Gasteiger partial charge in [0, 0.05) is 17.8 Å². The molecule has 0 saturated heterocycles. The first kappa shape index (κ1) is 16.8. The fourth-order valence-electron chi connectivity index (χ4n) is 2.21. The van der Waals surface area contributed by atoms with E-state index in [2.05, 4.69) is 17.6 Å². The van der Waals surface area contributed by atoms with Crippen LogP contribution < -0.4 is 10.6 Å². The van der Waals surface area contributed by atoms with Gasteiger partial charge in [-0.05, 0) is 36.8 Å².